The van der Waals surface area contributed by atoms with E-state index in [0.29, 0.717) is 33.5 Å². The second-order valence-electron chi connectivity index (χ2n) is 8.79. The fraction of sp³-hybridized carbons (Fsp3) is 0.107. The number of nitriles is 2. The number of nitrogens with one attached hydrogen (secondary N) is 1. The number of benzene rings is 2. The maximum Gasteiger partial charge on any atom is 0.356 e. The summed E-state index contributed by atoms with van der Waals surface area (Å²) in [4.78, 5) is 25.1. The molecule has 5 aromatic rings. The smallest absolute Gasteiger partial charge is 0.356 e. The molecule has 0 radical (unpaired) electrons. The topological polar surface area (TPSA) is 153 Å². The molecular weight excluding hydrogens is 516 g/mol. The van der Waals surface area contributed by atoms with E-state index in [1.54, 1.807) is 47.4 Å². The monoisotopic (exact) mass is 534 g/mol. The number of anilines is 1. The van der Waals surface area contributed by atoms with Gasteiger partial charge in [-0.15, -0.1) is 0 Å². The van der Waals surface area contributed by atoms with E-state index in [4.69, 9.17) is 21.8 Å². The first-order valence-corrected chi connectivity index (χ1v) is 12.1. The van der Waals surface area contributed by atoms with Gasteiger partial charge in [0, 0.05) is 17.3 Å². The molecular formula is C28H19ClN8O2. The van der Waals surface area contributed by atoms with Gasteiger partial charge in [0.2, 0.25) is 0 Å². The maximum atomic E-state index is 11.7. The number of aromatic carboxylic acids is 1. The van der Waals surface area contributed by atoms with E-state index in [0.717, 1.165) is 16.8 Å². The van der Waals surface area contributed by atoms with Crippen molar-refractivity contribution in [3.8, 4) is 29.1 Å². The van der Waals surface area contributed by atoms with Gasteiger partial charge in [0.05, 0.1) is 46.3 Å². The Morgan fingerprint density at radius 1 is 1.08 bits per heavy atom. The van der Waals surface area contributed by atoms with Crippen molar-refractivity contribution in [2.75, 3.05) is 5.32 Å². The van der Waals surface area contributed by atoms with Crippen molar-refractivity contribution in [3.05, 3.63) is 94.2 Å². The molecule has 0 bridgehead atoms. The molecule has 1 atom stereocenters. The first-order chi connectivity index (χ1) is 18.8. The van der Waals surface area contributed by atoms with Gasteiger partial charge >= 0.3 is 5.97 Å². The normalized spacial score (nSPS) is 11.5. The second-order valence-corrected chi connectivity index (χ2v) is 9.18. The minimum Gasteiger partial charge on any atom is -0.476 e. The third kappa shape index (κ3) is 4.97. The Hall–Kier alpha value is -5.32. The minimum absolute atomic E-state index is 0.0766. The highest BCUT2D eigenvalue weighted by molar-refractivity contribution is 6.29. The third-order valence-electron chi connectivity index (χ3n) is 6.07. The molecule has 39 heavy (non-hydrogen) atoms. The number of pyridine rings is 1. The minimum atomic E-state index is -1.21. The van der Waals surface area contributed by atoms with Crippen molar-refractivity contribution in [3.63, 3.8) is 0 Å². The van der Waals surface area contributed by atoms with Crippen molar-refractivity contribution >= 4 is 34.3 Å². The summed E-state index contributed by atoms with van der Waals surface area (Å²) in [6, 6.07) is 17.6. The molecule has 0 spiro atoms. The predicted molar refractivity (Wildman–Crippen MR) is 145 cm³/mol. The van der Waals surface area contributed by atoms with Crippen LogP contribution in [-0.4, -0.2) is 35.8 Å². The molecule has 3 aromatic heterocycles. The van der Waals surface area contributed by atoms with Gasteiger partial charge < -0.3 is 10.4 Å². The number of nitrogens with zero attached hydrogens (tertiary/aromatic N) is 7. The summed E-state index contributed by atoms with van der Waals surface area (Å²) >= 11 is 5.91. The Morgan fingerprint density at radius 3 is 2.54 bits per heavy atom. The summed E-state index contributed by atoms with van der Waals surface area (Å²) in [6.45, 7) is 3.78. The molecule has 0 aliphatic carbocycles. The van der Waals surface area contributed by atoms with E-state index in [1.807, 2.05) is 26.0 Å². The fourth-order valence-corrected chi connectivity index (χ4v) is 4.39. The number of hydrogen-bond donors (Lipinski definition) is 2. The van der Waals surface area contributed by atoms with E-state index in [9.17, 15) is 15.2 Å². The number of halogens is 1. The molecule has 0 amide bonds. The summed E-state index contributed by atoms with van der Waals surface area (Å²) in [5.41, 5.74) is 5.24. The Labute approximate surface area is 227 Å². The van der Waals surface area contributed by atoms with Crippen molar-refractivity contribution < 1.29 is 9.90 Å². The lowest BCUT2D eigenvalue weighted by atomic mass is 10.0. The number of aromatic nitrogens is 5. The van der Waals surface area contributed by atoms with Crippen molar-refractivity contribution in [2.45, 2.75) is 19.9 Å². The number of carboxylic acids is 1. The fourth-order valence-electron chi connectivity index (χ4n) is 4.24. The predicted octanol–water partition coefficient (Wildman–Crippen LogP) is 5.45. The van der Waals surface area contributed by atoms with Crippen LogP contribution in [0, 0.1) is 29.6 Å². The zero-order valence-corrected chi connectivity index (χ0v) is 21.5. The average Bonchev–Trinajstić information content (AvgIpc) is 3.43. The molecule has 10 nitrogen and oxygen atoms in total. The number of carbonyl (C=O) groups is 1. The van der Waals surface area contributed by atoms with Crippen LogP contribution in [0.1, 0.15) is 45.8 Å². The van der Waals surface area contributed by atoms with E-state index in [2.05, 4.69) is 32.5 Å². The Kier molecular flexibility index (Phi) is 6.63. The van der Waals surface area contributed by atoms with Crippen LogP contribution in [0.15, 0.2) is 60.9 Å². The van der Waals surface area contributed by atoms with Gasteiger partial charge in [-0.3, -0.25) is 0 Å². The highest BCUT2D eigenvalue weighted by Gasteiger charge is 2.20. The lowest BCUT2D eigenvalue weighted by Gasteiger charge is -2.19. The molecule has 0 unspecified atom stereocenters. The van der Waals surface area contributed by atoms with Gasteiger partial charge in [0.1, 0.15) is 16.9 Å². The molecule has 3 heterocycles. The largest absolute Gasteiger partial charge is 0.476 e. The van der Waals surface area contributed by atoms with E-state index in [-0.39, 0.29) is 16.5 Å². The van der Waals surface area contributed by atoms with Gasteiger partial charge in [-0.1, -0.05) is 17.7 Å². The molecule has 0 aliphatic rings. The SMILES string of the molecule is Cc1cc([C@@H](C)Nc2ccc(Cl)nc2C(=O)O)c2nc(-c3cnn(-c4ccc(C#N)cc4)c3)c(C#N)nc2c1. The number of carboxylic acid groups (broad SMARTS) is 1. The standard InChI is InChI=1S/C28H19ClN8O2/c1-15-9-20(16(2)33-21-7-8-24(29)35-27(21)28(38)39)26-22(10-15)34-23(12-31)25(36-26)18-13-32-37(14-18)19-5-3-17(11-30)4-6-19/h3-10,13-14,16,33H,1-2H3,(H,38,39)/t16-/m1/s1. The van der Waals surface area contributed by atoms with Crippen LogP contribution < -0.4 is 5.32 Å². The molecule has 0 fully saturated rings. The van der Waals surface area contributed by atoms with Gasteiger partial charge in [-0.2, -0.15) is 15.6 Å². The molecule has 0 saturated heterocycles. The van der Waals surface area contributed by atoms with E-state index in [1.165, 1.54) is 6.07 Å². The lowest BCUT2D eigenvalue weighted by molar-refractivity contribution is 0.0691. The van der Waals surface area contributed by atoms with Crippen LogP contribution in [0.25, 0.3) is 28.0 Å². The highest BCUT2D eigenvalue weighted by atomic mass is 35.5. The molecule has 5 rings (SSSR count). The Bertz CT molecular complexity index is 1830. The zero-order chi connectivity index (χ0) is 27.7. The first kappa shape index (κ1) is 25.3. The summed E-state index contributed by atoms with van der Waals surface area (Å²) in [5, 5.41) is 36.2. The highest BCUT2D eigenvalue weighted by Crippen LogP contribution is 2.31. The Balaban J connectivity index is 1.59. The van der Waals surface area contributed by atoms with Crippen molar-refractivity contribution in [1.82, 2.24) is 24.7 Å². The van der Waals surface area contributed by atoms with Crippen molar-refractivity contribution in [1.29, 1.82) is 10.5 Å². The number of aryl methyl sites for hydroxylation is 1. The number of fused-ring (bicyclic) bond motifs is 1. The molecule has 2 N–H and O–H groups in total. The van der Waals surface area contributed by atoms with Crippen LogP contribution in [0.2, 0.25) is 5.15 Å². The molecule has 0 aliphatic heterocycles. The van der Waals surface area contributed by atoms with Crippen LogP contribution >= 0.6 is 11.6 Å². The van der Waals surface area contributed by atoms with Crippen LogP contribution in [0.5, 0.6) is 0 Å². The average molecular weight is 535 g/mol. The zero-order valence-electron chi connectivity index (χ0n) is 20.7. The third-order valence-corrected chi connectivity index (χ3v) is 6.28. The van der Waals surface area contributed by atoms with Gasteiger partial charge in [-0.25, -0.2) is 24.4 Å². The first-order valence-electron chi connectivity index (χ1n) is 11.7. The van der Waals surface area contributed by atoms with E-state index >= 15 is 0 Å². The summed E-state index contributed by atoms with van der Waals surface area (Å²) < 4.78 is 1.63. The van der Waals surface area contributed by atoms with Gasteiger partial charge in [0.15, 0.2) is 11.4 Å². The summed E-state index contributed by atoms with van der Waals surface area (Å²) in [6.07, 6.45) is 3.34. The van der Waals surface area contributed by atoms with Gasteiger partial charge in [-0.05, 0) is 61.9 Å². The van der Waals surface area contributed by atoms with Crippen molar-refractivity contribution in [2.24, 2.45) is 0 Å². The molecule has 0 saturated carbocycles. The van der Waals surface area contributed by atoms with Crippen LogP contribution in [0.4, 0.5) is 5.69 Å². The maximum absolute atomic E-state index is 11.7. The molecule has 2 aromatic carbocycles. The lowest BCUT2D eigenvalue weighted by Crippen LogP contribution is -2.13. The van der Waals surface area contributed by atoms with E-state index < -0.39 is 12.0 Å². The molecule has 11 heteroatoms. The quantitative estimate of drug-likeness (QED) is 0.270. The van der Waals surface area contributed by atoms with Crippen LogP contribution in [0.3, 0.4) is 0 Å². The summed E-state index contributed by atoms with van der Waals surface area (Å²) in [5.74, 6) is -1.21. The van der Waals surface area contributed by atoms with Crippen LogP contribution in [-0.2, 0) is 0 Å². The molecule has 190 valence electrons. The number of hydrogen-bond acceptors (Lipinski definition) is 8. The second kappa shape index (κ2) is 10.2. The Morgan fingerprint density at radius 2 is 1.85 bits per heavy atom. The van der Waals surface area contributed by atoms with Gasteiger partial charge in [0.25, 0.3) is 0 Å². The number of rotatable bonds is 6. The summed E-state index contributed by atoms with van der Waals surface area (Å²) in [7, 11) is 0.